The Bertz CT molecular complexity index is 857. The Labute approximate surface area is 148 Å². The minimum atomic E-state index is -3.54. The minimum absolute atomic E-state index is 0.0790. The number of ether oxygens (including phenoxy) is 1. The number of carbonyl (C=O) groups excluding carboxylic acids is 1. The van der Waals surface area contributed by atoms with Gasteiger partial charge in [-0.2, -0.15) is 4.31 Å². The van der Waals surface area contributed by atoms with Gasteiger partial charge >= 0.3 is 0 Å². The van der Waals surface area contributed by atoms with Crippen molar-refractivity contribution >= 4 is 15.8 Å². The summed E-state index contributed by atoms with van der Waals surface area (Å²) in [6.45, 7) is 2.42. The van der Waals surface area contributed by atoms with E-state index in [9.17, 15) is 13.2 Å². The molecular formula is C19H21NO4S. The molecule has 1 unspecified atom stereocenters. The molecule has 6 heteroatoms. The van der Waals surface area contributed by atoms with E-state index < -0.39 is 10.0 Å². The maximum atomic E-state index is 12.8. The second-order valence-electron chi connectivity index (χ2n) is 6.20. The molecule has 132 valence electrons. The van der Waals surface area contributed by atoms with Crippen LogP contribution in [0.1, 0.15) is 35.2 Å². The summed E-state index contributed by atoms with van der Waals surface area (Å²) >= 11 is 0. The van der Waals surface area contributed by atoms with Crippen LogP contribution in [0.2, 0.25) is 0 Å². The van der Waals surface area contributed by atoms with Crippen molar-refractivity contribution in [2.24, 2.45) is 0 Å². The Balaban J connectivity index is 1.76. The van der Waals surface area contributed by atoms with Gasteiger partial charge in [0.25, 0.3) is 0 Å². The molecule has 25 heavy (non-hydrogen) atoms. The largest absolute Gasteiger partial charge is 0.497 e. The van der Waals surface area contributed by atoms with Gasteiger partial charge in [0.05, 0.1) is 12.0 Å². The highest BCUT2D eigenvalue weighted by Crippen LogP contribution is 2.31. The average molecular weight is 359 g/mol. The van der Waals surface area contributed by atoms with Crippen molar-refractivity contribution < 1.29 is 17.9 Å². The van der Waals surface area contributed by atoms with Crippen LogP contribution >= 0.6 is 0 Å². The summed E-state index contributed by atoms with van der Waals surface area (Å²) in [5, 5.41) is 0. The van der Waals surface area contributed by atoms with E-state index in [-0.39, 0.29) is 16.6 Å². The summed E-state index contributed by atoms with van der Waals surface area (Å²) in [5.74, 6) is 0.888. The summed E-state index contributed by atoms with van der Waals surface area (Å²) in [4.78, 5) is 11.6. The highest BCUT2D eigenvalue weighted by atomic mass is 32.2. The molecule has 2 aromatic carbocycles. The van der Waals surface area contributed by atoms with E-state index in [0.29, 0.717) is 18.7 Å². The number of hydrogen-bond acceptors (Lipinski definition) is 4. The number of methoxy groups -OCH3 is 1. The van der Waals surface area contributed by atoms with Crippen LogP contribution in [0, 0.1) is 0 Å². The van der Waals surface area contributed by atoms with Crippen LogP contribution in [0.5, 0.6) is 5.75 Å². The lowest BCUT2D eigenvalue weighted by Gasteiger charge is -2.17. The van der Waals surface area contributed by atoms with Crippen molar-refractivity contribution in [3.63, 3.8) is 0 Å². The smallest absolute Gasteiger partial charge is 0.243 e. The van der Waals surface area contributed by atoms with Crippen LogP contribution in [-0.2, 0) is 10.0 Å². The zero-order valence-corrected chi connectivity index (χ0v) is 15.1. The number of nitrogens with zero attached hydrogens (tertiary/aromatic N) is 1. The second-order valence-corrected chi connectivity index (χ2v) is 8.14. The van der Waals surface area contributed by atoms with Gasteiger partial charge in [0.2, 0.25) is 10.0 Å². The van der Waals surface area contributed by atoms with E-state index in [1.807, 2.05) is 24.3 Å². The Kier molecular flexibility index (Phi) is 4.92. The lowest BCUT2D eigenvalue weighted by molar-refractivity contribution is 0.101. The van der Waals surface area contributed by atoms with Gasteiger partial charge in [-0.05, 0) is 49.1 Å². The summed E-state index contributed by atoms with van der Waals surface area (Å²) in [5.41, 5.74) is 1.63. The highest BCUT2D eigenvalue weighted by molar-refractivity contribution is 7.89. The van der Waals surface area contributed by atoms with Crippen LogP contribution in [0.4, 0.5) is 0 Å². The van der Waals surface area contributed by atoms with Crippen molar-refractivity contribution in [2.75, 3.05) is 20.2 Å². The van der Waals surface area contributed by atoms with Gasteiger partial charge in [-0.1, -0.05) is 24.3 Å². The maximum absolute atomic E-state index is 12.8. The molecule has 0 aliphatic carbocycles. The highest BCUT2D eigenvalue weighted by Gasteiger charge is 2.33. The third-order valence-corrected chi connectivity index (χ3v) is 6.52. The molecule has 1 fully saturated rings. The molecular weight excluding hydrogens is 338 g/mol. The summed E-state index contributed by atoms with van der Waals surface area (Å²) < 4.78 is 32.3. The topological polar surface area (TPSA) is 63.7 Å². The fourth-order valence-electron chi connectivity index (χ4n) is 3.11. The molecule has 1 heterocycles. The first-order chi connectivity index (χ1) is 11.9. The zero-order chi connectivity index (χ0) is 18.0. The molecule has 0 aromatic heterocycles. The lowest BCUT2D eigenvalue weighted by Crippen LogP contribution is -2.28. The first-order valence-electron chi connectivity index (χ1n) is 8.17. The molecule has 0 spiro atoms. The number of hydrogen-bond donors (Lipinski definition) is 0. The fraction of sp³-hybridized carbons (Fsp3) is 0.316. The summed E-state index contributed by atoms with van der Waals surface area (Å²) in [7, 11) is -1.92. The molecule has 2 aromatic rings. The Morgan fingerprint density at radius 2 is 1.72 bits per heavy atom. The Morgan fingerprint density at radius 3 is 2.28 bits per heavy atom. The monoisotopic (exact) mass is 359 g/mol. The molecule has 3 rings (SSSR count). The molecule has 0 amide bonds. The minimum Gasteiger partial charge on any atom is -0.497 e. The fourth-order valence-corrected chi connectivity index (χ4v) is 4.61. The molecule has 5 nitrogen and oxygen atoms in total. The molecule has 1 aliphatic heterocycles. The molecule has 0 bridgehead atoms. The van der Waals surface area contributed by atoms with Gasteiger partial charge < -0.3 is 4.74 Å². The van der Waals surface area contributed by atoms with E-state index in [4.69, 9.17) is 4.74 Å². The maximum Gasteiger partial charge on any atom is 0.243 e. The van der Waals surface area contributed by atoms with Crippen molar-refractivity contribution in [1.29, 1.82) is 0 Å². The molecule has 1 aliphatic rings. The van der Waals surface area contributed by atoms with Crippen LogP contribution in [0.3, 0.4) is 0 Å². The Hall–Kier alpha value is -2.18. The number of sulfonamides is 1. The van der Waals surface area contributed by atoms with Crippen LogP contribution in [0.15, 0.2) is 53.4 Å². The van der Waals surface area contributed by atoms with Crippen molar-refractivity contribution in [1.82, 2.24) is 4.31 Å². The number of ketones is 1. The number of carbonyl (C=O) groups is 1. The van der Waals surface area contributed by atoms with Gasteiger partial charge in [0.15, 0.2) is 5.78 Å². The van der Waals surface area contributed by atoms with Gasteiger partial charge in [-0.3, -0.25) is 4.79 Å². The molecule has 0 N–H and O–H groups in total. The first kappa shape index (κ1) is 17.6. The summed E-state index contributed by atoms with van der Waals surface area (Å²) in [6, 6.07) is 13.9. The van der Waals surface area contributed by atoms with Crippen molar-refractivity contribution in [2.45, 2.75) is 24.2 Å². The van der Waals surface area contributed by atoms with E-state index >= 15 is 0 Å². The SMILES string of the molecule is COc1ccc(C2CCN(S(=O)(=O)c3ccc(C(C)=O)cc3)C2)cc1. The van der Waals surface area contributed by atoms with Gasteiger partial charge in [0, 0.05) is 18.7 Å². The van der Waals surface area contributed by atoms with Crippen molar-refractivity contribution in [3.8, 4) is 5.75 Å². The van der Waals surface area contributed by atoms with Gasteiger partial charge in [0.1, 0.15) is 5.75 Å². The number of benzene rings is 2. The van der Waals surface area contributed by atoms with E-state index in [1.54, 1.807) is 19.2 Å². The Morgan fingerprint density at radius 1 is 1.08 bits per heavy atom. The first-order valence-corrected chi connectivity index (χ1v) is 9.61. The molecule has 1 atom stereocenters. The second kappa shape index (κ2) is 6.98. The normalized spacial score (nSPS) is 18.2. The predicted molar refractivity (Wildman–Crippen MR) is 95.6 cm³/mol. The van der Waals surface area contributed by atoms with E-state index in [2.05, 4.69) is 0 Å². The summed E-state index contributed by atoms with van der Waals surface area (Å²) in [6.07, 6.45) is 0.789. The van der Waals surface area contributed by atoms with E-state index in [0.717, 1.165) is 17.7 Å². The van der Waals surface area contributed by atoms with Gasteiger partial charge in [-0.15, -0.1) is 0 Å². The average Bonchev–Trinajstić information content (AvgIpc) is 3.13. The standard InChI is InChI=1S/C19H21NO4S/c1-14(21)15-5-9-19(10-6-15)25(22,23)20-12-11-17(13-20)16-3-7-18(24-2)8-4-16/h3-10,17H,11-13H2,1-2H3. The van der Waals surface area contributed by atoms with E-state index in [1.165, 1.54) is 23.4 Å². The van der Waals surface area contributed by atoms with Crippen LogP contribution in [0.25, 0.3) is 0 Å². The quantitative estimate of drug-likeness (QED) is 0.770. The third-order valence-electron chi connectivity index (χ3n) is 4.64. The van der Waals surface area contributed by atoms with Gasteiger partial charge in [-0.25, -0.2) is 8.42 Å². The lowest BCUT2D eigenvalue weighted by atomic mass is 9.99. The third kappa shape index (κ3) is 3.60. The number of rotatable bonds is 5. The number of Topliss-reactive ketones (excluding diaryl/α,β-unsaturated/α-hetero) is 1. The predicted octanol–water partition coefficient (Wildman–Crippen LogP) is 3.08. The van der Waals surface area contributed by atoms with Crippen LogP contribution in [-0.4, -0.2) is 38.7 Å². The van der Waals surface area contributed by atoms with Crippen LogP contribution < -0.4 is 4.74 Å². The molecule has 0 radical (unpaired) electrons. The zero-order valence-electron chi connectivity index (χ0n) is 14.3. The van der Waals surface area contributed by atoms with Crippen molar-refractivity contribution in [3.05, 3.63) is 59.7 Å². The molecule has 1 saturated heterocycles. The molecule has 0 saturated carbocycles.